The summed E-state index contributed by atoms with van der Waals surface area (Å²) >= 11 is 0. The van der Waals surface area contributed by atoms with Crippen molar-refractivity contribution in [3.63, 3.8) is 0 Å². The summed E-state index contributed by atoms with van der Waals surface area (Å²) < 4.78 is 12.4. The monoisotopic (exact) mass is 424 g/mol. The minimum absolute atomic E-state index is 0.0202. The van der Waals surface area contributed by atoms with Crippen LogP contribution >= 0.6 is 0 Å². The molecule has 0 unspecified atom stereocenters. The number of hydrogen-bond donors (Lipinski definition) is 1. The second-order valence-electron chi connectivity index (χ2n) is 7.54. The SMILES string of the molecule is CCc1c(C(=O)NC[C@@H](c2ccco2)N2CCCCC2)cnn1-c1ccc(OC)nn1. The number of furan rings is 1. The zero-order chi connectivity index (χ0) is 21.6. The van der Waals surface area contributed by atoms with Crippen LogP contribution in [0.25, 0.3) is 5.82 Å². The first kappa shape index (κ1) is 21.0. The molecular weight excluding hydrogens is 396 g/mol. The van der Waals surface area contributed by atoms with E-state index in [9.17, 15) is 4.79 Å². The first-order valence-electron chi connectivity index (χ1n) is 10.7. The standard InChI is InChI=1S/C22H28N6O3/c1-3-17-16(14-24-28(17)20-9-10-21(30-2)26-25-20)22(29)23-15-18(19-8-7-13-31-19)27-11-5-4-6-12-27/h7-10,13-14,18H,3-6,11-12,15H2,1-2H3,(H,23,29)/t18-/m0/s1. The van der Waals surface area contributed by atoms with Crippen LogP contribution in [0.15, 0.2) is 41.1 Å². The lowest BCUT2D eigenvalue weighted by molar-refractivity contribution is 0.0913. The van der Waals surface area contributed by atoms with Crippen molar-refractivity contribution in [3.8, 4) is 11.7 Å². The average molecular weight is 425 g/mol. The van der Waals surface area contributed by atoms with Gasteiger partial charge in [-0.3, -0.25) is 9.69 Å². The van der Waals surface area contributed by atoms with Gasteiger partial charge in [-0.1, -0.05) is 13.3 Å². The third-order valence-electron chi connectivity index (χ3n) is 5.66. The molecule has 3 aromatic rings. The number of rotatable bonds is 8. The first-order valence-corrected chi connectivity index (χ1v) is 10.7. The molecule has 1 fully saturated rings. The fraction of sp³-hybridized carbons (Fsp3) is 0.455. The molecule has 0 aliphatic carbocycles. The molecule has 0 spiro atoms. The Kier molecular flexibility index (Phi) is 6.61. The summed E-state index contributed by atoms with van der Waals surface area (Å²) in [4.78, 5) is 15.4. The fourth-order valence-electron chi connectivity index (χ4n) is 4.04. The molecule has 0 bridgehead atoms. The summed E-state index contributed by atoms with van der Waals surface area (Å²) in [5, 5.41) is 15.6. The molecule has 1 aliphatic rings. The number of amides is 1. The summed E-state index contributed by atoms with van der Waals surface area (Å²) in [5.41, 5.74) is 1.32. The molecule has 1 saturated heterocycles. The van der Waals surface area contributed by atoms with Crippen LogP contribution in [-0.2, 0) is 6.42 Å². The smallest absolute Gasteiger partial charge is 0.254 e. The molecule has 9 heteroatoms. The van der Waals surface area contributed by atoms with Crippen LogP contribution in [0.2, 0.25) is 0 Å². The number of nitrogens with one attached hydrogen (secondary N) is 1. The van der Waals surface area contributed by atoms with E-state index in [4.69, 9.17) is 9.15 Å². The predicted octanol–water partition coefficient (Wildman–Crippen LogP) is 2.78. The largest absolute Gasteiger partial charge is 0.480 e. The van der Waals surface area contributed by atoms with E-state index in [1.54, 1.807) is 29.3 Å². The highest BCUT2D eigenvalue weighted by atomic mass is 16.5. The van der Waals surface area contributed by atoms with Gasteiger partial charge in [-0.2, -0.15) is 5.10 Å². The Morgan fingerprint density at radius 1 is 1.23 bits per heavy atom. The summed E-state index contributed by atoms with van der Waals surface area (Å²) in [6.07, 6.45) is 7.49. The molecule has 0 radical (unpaired) electrons. The van der Waals surface area contributed by atoms with Gasteiger partial charge in [0.1, 0.15) is 5.76 Å². The average Bonchev–Trinajstić information content (AvgIpc) is 3.50. The van der Waals surface area contributed by atoms with E-state index >= 15 is 0 Å². The maximum absolute atomic E-state index is 13.1. The van der Waals surface area contributed by atoms with E-state index in [1.165, 1.54) is 26.4 Å². The first-order chi connectivity index (χ1) is 15.2. The van der Waals surface area contributed by atoms with Gasteiger partial charge in [-0.15, -0.1) is 10.2 Å². The van der Waals surface area contributed by atoms with E-state index in [-0.39, 0.29) is 11.9 Å². The Bertz CT molecular complexity index is 977. The number of nitrogens with zero attached hydrogens (tertiary/aromatic N) is 5. The summed E-state index contributed by atoms with van der Waals surface area (Å²) in [7, 11) is 1.54. The molecule has 3 aromatic heterocycles. The van der Waals surface area contributed by atoms with Crippen molar-refractivity contribution in [3.05, 3.63) is 53.7 Å². The Balaban J connectivity index is 1.50. The maximum atomic E-state index is 13.1. The molecule has 0 aromatic carbocycles. The normalized spacial score (nSPS) is 15.5. The van der Waals surface area contributed by atoms with Gasteiger partial charge in [-0.05, 0) is 50.6 Å². The van der Waals surface area contributed by atoms with Gasteiger partial charge in [-0.25, -0.2) is 4.68 Å². The number of hydrogen-bond acceptors (Lipinski definition) is 7. The van der Waals surface area contributed by atoms with Crippen molar-refractivity contribution < 1.29 is 13.9 Å². The Hall–Kier alpha value is -3.20. The topological polar surface area (TPSA) is 98.3 Å². The van der Waals surface area contributed by atoms with Gasteiger partial charge in [0, 0.05) is 12.6 Å². The third kappa shape index (κ3) is 4.61. The minimum atomic E-state index is -0.155. The van der Waals surface area contributed by atoms with Crippen LogP contribution in [0, 0.1) is 0 Å². The van der Waals surface area contributed by atoms with Crippen molar-refractivity contribution in [2.45, 2.75) is 38.6 Å². The maximum Gasteiger partial charge on any atom is 0.254 e. The van der Waals surface area contributed by atoms with Gasteiger partial charge >= 0.3 is 0 Å². The highest BCUT2D eigenvalue weighted by Crippen LogP contribution is 2.25. The highest BCUT2D eigenvalue weighted by molar-refractivity contribution is 5.95. The minimum Gasteiger partial charge on any atom is -0.480 e. The molecule has 164 valence electrons. The summed E-state index contributed by atoms with van der Waals surface area (Å²) in [5.74, 6) is 1.69. The lowest BCUT2D eigenvalue weighted by Crippen LogP contribution is -2.40. The summed E-state index contributed by atoms with van der Waals surface area (Å²) in [6.45, 7) is 4.48. The Morgan fingerprint density at radius 3 is 2.71 bits per heavy atom. The molecular formula is C22H28N6O3. The van der Waals surface area contributed by atoms with Crippen LogP contribution in [0.3, 0.4) is 0 Å². The Labute approximate surface area is 181 Å². The van der Waals surface area contributed by atoms with Crippen molar-refractivity contribution in [1.29, 1.82) is 0 Å². The van der Waals surface area contributed by atoms with Crippen LogP contribution in [0.1, 0.15) is 54.0 Å². The second kappa shape index (κ2) is 9.74. The zero-order valence-electron chi connectivity index (χ0n) is 18.0. The van der Waals surface area contributed by atoms with Crippen LogP contribution in [-0.4, -0.2) is 57.5 Å². The number of carbonyl (C=O) groups excluding carboxylic acids is 1. The van der Waals surface area contributed by atoms with Crippen molar-refractivity contribution in [2.24, 2.45) is 0 Å². The van der Waals surface area contributed by atoms with Gasteiger partial charge < -0.3 is 14.5 Å². The van der Waals surface area contributed by atoms with E-state index < -0.39 is 0 Å². The van der Waals surface area contributed by atoms with Crippen LogP contribution in [0.5, 0.6) is 5.88 Å². The molecule has 1 N–H and O–H groups in total. The quantitative estimate of drug-likeness (QED) is 0.594. The molecule has 1 aliphatic heterocycles. The number of ether oxygens (including phenoxy) is 1. The number of carbonyl (C=O) groups is 1. The molecule has 9 nitrogen and oxygen atoms in total. The van der Waals surface area contributed by atoms with Crippen molar-refractivity contribution in [2.75, 3.05) is 26.7 Å². The van der Waals surface area contributed by atoms with E-state index in [0.29, 0.717) is 30.2 Å². The van der Waals surface area contributed by atoms with Gasteiger partial charge in [0.25, 0.3) is 5.91 Å². The highest BCUT2D eigenvalue weighted by Gasteiger charge is 2.26. The molecule has 1 atom stereocenters. The molecule has 4 rings (SSSR count). The Morgan fingerprint density at radius 2 is 2.06 bits per heavy atom. The van der Waals surface area contributed by atoms with Gasteiger partial charge in [0.05, 0.1) is 36.9 Å². The van der Waals surface area contributed by atoms with Crippen LogP contribution < -0.4 is 10.1 Å². The van der Waals surface area contributed by atoms with Crippen molar-refractivity contribution in [1.82, 2.24) is 30.2 Å². The van der Waals surface area contributed by atoms with Gasteiger partial charge in [0.2, 0.25) is 5.88 Å². The summed E-state index contributed by atoms with van der Waals surface area (Å²) in [6, 6.07) is 7.37. The number of likely N-dealkylation sites (tertiary alicyclic amines) is 1. The van der Waals surface area contributed by atoms with Gasteiger partial charge in [0.15, 0.2) is 5.82 Å². The van der Waals surface area contributed by atoms with E-state index in [1.807, 2.05) is 19.1 Å². The number of aromatic nitrogens is 4. The molecule has 4 heterocycles. The number of methoxy groups -OCH3 is 1. The fourth-order valence-corrected chi connectivity index (χ4v) is 4.04. The van der Waals surface area contributed by atoms with Crippen LogP contribution in [0.4, 0.5) is 0 Å². The zero-order valence-corrected chi connectivity index (χ0v) is 18.0. The second-order valence-corrected chi connectivity index (χ2v) is 7.54. The molecule has 1 amide bonds. The number of piperidine rings is 1. The van der Waals surface area contributed by atoms with E-state index in [0.717, 1.165) is 24.5 Å². The van der Waals surface area contributed by atoms with E-state index in [2.05, 4.69) is 25.5 Å². The third-order valence-corrected chi connectivity index (χ3v) is 5.66. The predicted molar refractivity (Wildman–Crippen MR) is 114 cm³/mol. The lowest BCUT2D eigenvalue weighted by Gasteiger charge is -2.33. The molecule has 0 saturated carbocycles. The van der Waals surface area contributed by atoms with Crippen molar-refractivity contribution >= 4 is 5.91 Å². The molecule has 31 heavy (non-hydrogen) atoms. The lowest BCUT2D eigenvalue weighted by atomic mass is 10.1.